The van der Waals surface area contributed by atoms with Crippen molar-refractivity contribution in [3.8, 4) is 5.75 Å². The van der Waals surface area contributed by atoms with Crippen molar-refractivity contribution >= 4 is 28.4 Å². The molecule has 0 unspecified atom stereocenters. The molecule has 0 N–H and O–H groups in total. The van der Waals surface area contributed by atoms with E-state index in [0.29, 0.717) is 6.29 Å². The van der Waals surface area contributed by atoms with Gasteiger partial charge in [-0.3, -0.25) is 9.83 Å². The second-order valence-corrected chi connectivity index (χ2v) is 9.22. The van der Waals surface area contributed by atoms with Crippen molar-refractivity contribution in [2.75, 3.05) is 0 Å². The highest BCUT2D eigenvalue weighted by atomic mass is 32.2. The fourth-order valence-electron chi connectivity index (χ4n) is 2.32. The summed E-state index contributed by atoms with van der Waals surface area (Å²) in [5, 5.41) is -0.406. The molecule has 0 heterocycles. The zero-order valence-electron chi connectivity index (χ0n) is 16.3. The van der Waals surface area contributed by atoms with Crippen molar-refractivity contribution in [1.29, 1.82) is 0 Å². The molecule has 0 saturated carbocycles. The summed E-state index contributed by atoms with van der Waals surface area (Å²) in [4.78, 5) is 11.1. The molecule has 0 fully saturated rings. The van der Waals surface area contributed by atoms with Gasteiger partial charge in [0.2, 0.25) is 0 Å². The summed E-state index contributed by atoms with van der Waals surface area (Å²) in [5.74, 6) is -8.67. The highest BCUT2D eigenvalue weighted by molar-refractivity contribution is 7.95. The Morgan fingerprint density at radius 1 is 1.00 bits per heavy atom. The zero-order chi connectivity index (χ0) is 24.4. The topological polar surface area (TPSA) is 102 Å². The molecule has 31 heavy (non-hydrogen) atoms. The van der Waals surface area contributed by atoms with E-state index < -0.39 is 56.2 Å². The van der Waals surface area contributed by atoms with Crippen LogP contribution < -0.4 is 9.44 Å². The number of benzene rings is 1. The molecular formula is C16H17F6O7S2-. The first kappa shape index (κ1) is 27.5. The van der Waals surface area contributed by atoms with Crippen LogP contribution in [0, 0.1) is 0 Å². The van der Waals surface area contributed by atoms with Gasteiger partial charge in [-0.15, -0.1) is 0 Å². The molecular weight excluding hydrogens is 482 g/mol. The number of aldehydes is 1. The summed E-state index contributed by atoms with van der Waals surface area (Å²) >= 11 is -1.80. The standard InChI is InChI=1S/C16H18F6O7S2/c1-8(2)11-5-10(7-23)6-12(9(3)4)13(11)27-31(25,26)16(21,22)14(17,18)15(19,20)30-29-28-24/h5-9,24H,1-4H3/p-1. The van der Waals surface area contributed by atoms with Crippen LogP contribution in [0.5, 0.6) is 5.75 Å². The van der Waals surface area contributed by atoms with Crippen LogP contribution in [0.2, 0.25) is 0 Å². The van der Waals surface area contributed by atoms with E-state index in [-0.39, 0.29) is 16.7 Å². The van der Waals surface area contributed by atoms with E-state index in [1.54, 1.807) is 0 Å². The van der Waals surface area contributed by atoms with Crippen LogP contribution in [0.15, 0.2) is 12.1 Å². The number of hydrogen-bond acceptors (Lipinski definition) is 8. The van der Waals surface area contributed by atoms with Crippen molar-refractivity contribution in [2.45, 2.75) is 56.0 Å². The largest absolute Gasteiger partial charge is 0.691 e. The van der Waals surface area contributed by atoms with Gasteiger partial charge in [0.25, 0.3) is 0 Å². The van der Waals surface area contributed by atoms with E-state index in [9.17, 15) is 44.8 Å². The molecule has 0 bridgehead atoms. The molecule has 178 valence electrons. The van der Waals surface area contributed by atoms with Gasteiger partial charge in [-0.05, 0) is 35.1 Å². The lowest BCUT2D eigenvalue weighted by Crippen LogP contribution is -2.57. The van der Waals surface area contributed by atoms with E-state index in [2.05, 4.69) is 13.6 Å². The molecule has 0 radical (unpaired) electrons. The van der Waals surface area contributed by atoms with Gasteiger partial charge in [-0.25, -0.2) is 0 Å². The Labute approximate surface area is 177 Å². The van der Waals surface area contributed by atoms with Gasteiger partial charge in [-0.2, -0.15) is 39.1 Å². The minimum atomic E-state index is -6.75. The van der Waals surface area contributed by atoms with Crippen LogP contribution in [-0.2, 0) is 19.5 Å². The number of hydrogen-bond donors (Lipinski definition) is 0. The van der Waals surface area contributed by atoms with Gasteiger partial charge in [0.1, 0.15) is 24.1 Å². The Morgan fingerprint density at radius 2 is 1.45 bits per heavy atom. The Bertz CT molecular complexity index is 875. The monoisotopic (exact) mass is 499 g/mol. The molecule has 1 aromatic carbocycles. The summed E-state index contributed by atoms with van der Waals surface area (Å²) in [6, 6.07) is 2.18. The van der Waals surface area contributed by atoms with E-state index in [1.165, 1.54) is 27.7 Å². The number of halogens is 6. The maximum absolute atomic E-state index is 14.2. The Kier molecular flexibility index (Phi) is 8.44. The van der Waals surface area contributed by atoms with Crippen LogP contribution in [-0.4, -0.2) is 31.1 Å². The minimum Gasteiger partial charge on any atom is -0.691 e. The predicted molar refractivity (Wildman–Crippen MR) is 94.2 cm³/mol. The predicted octanol–water partition coefficient (Wildman–Crippen LogP) is 4.15. The van der Waals surface area contributed by atoms with Crippen molar-refractivity contribution < 1.29 is 58.4 Å². The number of carbonyl (C=O) groups excluding carboxylic acids is 1. The third-order valence-corrected chi connectivity index (χ3v) is 5.81. The summed E-state index contributed by atoms with van der Waals surface area (Å²) in [5.41, 5.74) is -0.202. The first-order valence-corrected chi connectivity index (χ1v) is 10.5. The molecule has 7 nitrogen and oxygen atoms in total. The lowest BCUT2D eigenvalue weighted by molar-refractivity contribution is -0.777. The molecule has 0 aromatic heterocycles. The Morgan fingerprint density at radius 3 is 1.81 bits per heavy atom. The first-order chi connectivity index (χ1) is 14.0. The molecule has 1 rings (SSSR count). The zero-order valence-corrected chi connectivity index (χ0v) is 18.0. The summed E-state index contributed by atoms with van der Waals surface area (Å²) in [6.07, 6.45) is 0.384. The average molecular weight is 499 g/mol. The highest BCUT2D eigenvalue weighted by Crippen LogP contribution is 2.54. The quantitative estimate of drug-likeness (QED) is 0.112. The van der Waals surface area contributed by atoms with Gasteiger partial charge < -0.3 is 9.44 Å². The molecule has 0 saturated heterocycles. The van der Waals surface area contributed by atoms with Crippen LogP contribution in [0.3, 0.4) is 0 Å². The van der Waals surface area contributed by atoms with E-state index in [1.807, 2.05) is 0 Å². The number of rotatable bonds is 11. The van der Waals surface area contributed by atoms with Gasteiger partial charge in [0.05, 0.1) is 0 Å². The van der Waals surface area contributed by atoms with Crippen LogP contribution >= 0.6 is 12.0 Å². The molecule has 15 heteroatoms. The van der Waals surface area contributed by atoms with Crippen molar-refractivity contribution in [1.82, 2.24) is 0 Å². The van der Waals surface area contributed by atoms with Crippen molar-refractivity contribution in [3.63, 3.8) is 0 Å². The fourth-order valence-corrected chi connectivity index (χ4v) is 3.69. The fraction of sp³-hybridized carbons (Fsp3) is 0.562. The van der Waals surface area contributed by atoms with E-state index >= 15 is 0 Å². The van der Waals surface area contributed by atoms with Crippen molar-refractivity contribution in [3.05, 3.63) is 28.8 Å². The van der Waals surface area contributed by atoms with E-state index in [0.717, 1.165) is 12.1 Å². The molecule has 0 aliphatic rings. The number of carbonyl (C=O) groups is 1. The minimum absolute atomic E-state index is 0.0203. The summed E-state index contributed by atoms with van der Waals surface area (Å²) in [6.45, 7) is 5.85. The van der Waals surface area contributed by atoms with Crippen LogP contribution in [0.4, 0.5) is 26.3 Å². The maximum atomic E-state index is 14.2. The smallest absolute Gasteiger partial charge is 0.450 e. The lowest BCUT2D eigenvalue weighted by Gasteiger charge is -2.31. The molecule has 0 aliphatic heterocycles. The highest BCUT2D eigenvalue weighted by Gasteiger charge is 2.79. The SMILES string of the molecule is CC(C)c1cc(C=O)cc(C(C)C)c1OS(=O)(=O)C(F)(F)C(F)(F)C(F)(F)SOO[O-]. The Balaban J connectivity index is 3.62. The Hall–Kier alpha value is -1.55. The third-order valence-electron chi connectivity index (χ3n) is 3.95. The maximum Gasteiger partial charge on any atom is 0.450 e. The van der Waals surface area contributed by atoms with Gasteiger partial charge in [-0.1, -0.05) is 27.7 Å². The van der Waals surface area contributed by atoms with Gasteiger partial charge in [0.15, 0.2) is 0 Å². The van der Waals surface area contributed by atoms with Crippen LogP contribution in [0.1, 0.15) is 61.0 Å². The second kappa shape index (κ2) is 9.52. The lowest BCUT2D eigenvalue weighted by atomic mass is 9.92. The average Bonchev–Trinajstić information content (AvgIpc) is 2.65. The normalized spacial score (nSPS) is 13.7. The molecule has 0 aliphatic carbocycles. The summed E-state index contributed by atoms with van der Waals surface area (Å²) < 4.78 is 115. The molecule has 0 spiro atoms. The molecule has 0 atom stereocenters. The molecule has 0 amide bonds. The first-order valence-electron chi connectivity index (χ1n) is 8.31. The van der Waals surface area contributed by atoms with Gasteiger partial charge >= 0.3 is 26.5 Å². The van der Waals surface area contributed by atoms with Crippen LogP contribution in [0.25, 0.3) is 0 Å². The van der Waals surface area contributed by atoms with Crippen molar-refractivity contribution in [2.24, 2.45) is 0 Å². The van der Waals surface area contributed by atoms with E-state index in [4.69, 9.17) is 0 Å². The third kappa shape index (κ3) is 5.27. The second-order valence-electron chi connectivity index (χ2n) is 6.82. The summed E-state index contributed by atoms with van der Waals surface area (Å²) in [7, 11) is -6.75. The molecule has 1 aromatic rings. The number of alkyl halides is 6. The van der Waals surface area contributed by atoms with Gasteiger partial charge in [0, 0.05) is 5.56 Å².